The highest BCUT2D eigenvalue weighted by Crippen LogP contribution is 2.36. The van der Waals surface area contributed by atoms with Gasteiger partial charge in [-0.05, 0) is 61.0 Å². The van der Waals surface area contributed by atoms with Gasteiger partial charge in [-0.1, -0.05) is 62.0 Å². The minimum Gasteiger partial charge on any atom is -0.493 e. The second-order valence-electron chi connectivity index (χ2n) is 11.9. The van der Waals surface area contributed by atoms with E-state index in [2.05, 4.69) is 50.4 Å². The van der Waals surface area contributed by atoms with Crippen LogP contribution in [0.2, 0.25) is 0 Å². The predicted molar refractivity (Wildman–Crippen MR) is 196 cm³/mol. The zero-order valence-electron chi connectivity index (χ0n) is 27.5. The van der Waals surface area contributed by atoms with Gasteiger partial charge in [-0.15, -0.1) is 0 Å². The van der Waals surface area contributed by atoms with Gasteiger partial charge in [0.15, 0.2) is 0 Å². The summed E-state index contributed by atoms with van der Waals surface area (Å²) in [5, 5.41) is 20.9. The van der Waals surface area contributed by atoms with E-state index in [1.54, 1.807) is 6.92 Å². The van der Waals surface area contributed by atoms with Crippen LogP contribution in [0.15, 0.2) is 84.9 Å². The largest absolute Gasteiger partial charge is 0.493 e. The van der Waals surface area contributed by atoms with Crippen molar-refractivity contribution in [1.82, 2.24) is 15.2 Å². The number of aryl methyl sites for hydroxylation is 1. The zero-order valence-corrected chi connectivity index (χ0v) is 27.5. The lowest BCUT2D eigenvalue weighted by Crippen LogP contribution is -2.36. The van der Waals surface area contributed by atoms with Crippen molar-refractivity contribution in [3.05, 3.63) is 108 Å². The molecule has 3 N–H and O–H groups in total. The quantitative estimate of drug-likeness (QED) is 0.0853. The molecule has 10 heteroatoms. The van der Waals surface area contributed by atoms with Gasteiger partial charge in [0.25, 0.3) is 0 Å². The van der Waals surface area contributed by atoms with Gasteiger partial charge < -0.3 is 33.9 Å². The first-order valence-electron chi connectivity index (χ1n) is 16.8. The maximum Gasteiger partial charge on any atom is 0.355 e. The van der Waals surface area contributed by atoms with Crippen molar-refractivity contribution in [1.29, 1.82) is 0 Å². The summed E-state index contributed by atoms with van der Waals surface area (Å²) >= 11 is 0. The van der Waals surface area contributed by atoms with Crippen LogP contribution >= 0.6 is 0 Å². The highest BCUT2D eigenvalue weighted by molar-refractivity contribution is 6.04. The Balaban J connectivity index is 0.00000432. The van der Waals surface area contributed by atoms with Crippen LogP contribution in [0.5, 0.6) is 11.5 Å². The third kappa shape index (κ3) is 7.17. The molecular weight excluding hydrogens is 632 g/mol. The number of rotatable bonds is 13. The van der Waals surface area contributed by atoms with E-state index in [1.165, 1.54) is 0 Å². The Labute approximate surface area is 291 Å². The summed E-state index contributed by atoms with van der Waals surface area (Å²) in [7, 11) is 0. The fourth-order valence-electron chi connectivity index (χ4n) is 6.56. The molecule has 50 heavy (non-hydrogen) atoms. The first kappa shape index (κ1) is 34.5. The molecule has 10 nitrogen and oxygen atoms in total. The smallest absolute Gasteiger partial charge is 0.355 e. The number of aromatic nitrogens is 3. The van der Waals surface area contributed by atoms with Gasteiger partial charge in [-0.3, -0.25) is 5.10 Å². The molecule has 3 heterocycles. The first-order chi connectivity index (χ1) is 24.1. The Morgan fingerprint density at radius 2 is 1.70 bits per heavy atom. The zero-order chi connectivity index (χ0) is 33.6. The molecule has 260 valence electrons. The number of aliphatic hydroxyl groups excluding tert-OH is 1. The van der Waals surface area contributed by atoms with Crippen LogP contribution in [-0.4, -0.2) is 65.8 Å². The number of H-pyrrole nitrogens is 2. The van der Waals surface area contributed by atoms with E-state index >= 15 is 0 Å². The Bertz CT molecular complexity index is 2040. The summed E-state index contributed by atoms with van der Waals surface area (Å²) < 4.78 is 23.4. The fraction of sp³-hybridized carbons (Fsp3) is 0.300. The van der Waals surface area contributed by atoms with E-state index in [0.29, 0.717) is 36.5 Å². The standard InChI is InChI=1S/C39H40N4O6.CH4/c1-2-47-39(45)38-31(13-7-21-48-35-14-5-9-26-8-3-4-10-29(26)35)30-11-6-12-32(37(30)40-38)36-33(24-44)41-42-34(36)25-49-28-17-15-27(16-18-28)43-19-22-46-23-20-43;/h3-6,8-12,14-18,40,44H,2,7,13,19-25H2,1H3,(H,41,42);1H4. The molecule has 0 bridgehead atoms. The van der Waals surface area contributed by atoms with Gasteiger partial charge in [0.05, 0.1) is 49.9 Å². The van der Waals surface area contributed by atoms with Gasteiger partial charge in [0, 0.05) is 40.7 Å². The number of fused-ring (bicyclic) bond motifs is 2. The number of hydrogen-bond acceptors (Lipinski definition) is 8. The lowest BCUT2D eigenvalue weighted by atomic mass is 9.98. The van der Waals surface area contributed by atoms with Crippen molar-refractivity contribution in [2.24, 2.45) is 0 Å². The molecular formula is C40H44N4O6. The number of ether oxygens (including phenoxy) is 4. The van der Waals surface area contributed by atoms with E-state index in [1.807, 2.05) is 54.6 Å². The summed E-state index contributed by atoms with van der Waals surface area (Å²) in [5.41, 5.74) is 5.93. The average molecular weight is 677 g/mol. The average Bonchev–Trinajstić information content (AvgIpc) is 3.74. The number of aliphatic hydroxyl groups is 1. The molecule has 0 amide bonds. The summed E-state index contributed by atoms with van der Waals surface area (Å²) in [6.45, 7) is 5.67. The van der Waals surface area contributed by atoms with Crippen molar-refractivity contribution in [2.45, 2.75) is 40.4 Å². The lowest BCUT2D eigenvalue weighted by molar-refractivity contribution is 0.0519. The van der Waals surface area contributed by atoms with E-state index in [4.69, 9.17) is 18.9 Å². The van der Waals surface area contributed by atoms with Crippen molar-refractivity contribution in [2.75, 3.05) is 44.4 Å². The van der Waals surface area contributed by atoms with Crippen LogP contribution < -0.4 is 14.4 Å². The number of morpholine rings is 1. The fourth-order valence-corrected chi connectivity index (χ4v) is 6.56. The van der Waals surface area contributed by atoms with Gasteiger partial charge in [-0.2, -0.15) is 5.10 Å². The van der Waals surface area contributed by atoms with Crippen LogP contribution in [0, 0.1) is 0 Å². The van der Waals surface area contributed by atoms with Gasteiger partial charge in [0.1, 0.15) is 23.8 Å². The molecule has 1 aliphatic heterocycles. The van der Waals surface area contributed by atoms with Gasteiger partial charge in [-0.25, -0.2) is 4.79 Å². The van der Waals surface area contributed by atoms with Crippen molar-refractivity contribution < 1.29 is 28.8 Å². The normalized spacial score (nSPS) is 13.0. The number of carbonyl (C=O) groups is 1. The minimum absolute atomic E-state index is 0. The number of aromatic amines is 2. The predicted octanol–water partition coefficient (Wildman–Crippen LogP) is 7.44. The minimum atomic E-state index is -0.409. The SMILES string of the molecule is C.CCOC(=O)c1[nH]c2c(-c3c(CO)n[nH]c3COc3ccc(N4CCOCC4)cc3)cccc2c1CCCOc1cccc2ccccc12. The molecule has 1 saturated heterocycles. The van der Waals surface area contributed by atoms with Crippen LogP contribution in [0.25, 0.3) is 32.8 Å². The molecule has 6 aromatic rings. The number of benzene rings is 4. The second kappa shape index (κ2) is 15.9. The summed E-state index contributed by atoms with van der Waals surface area (Å²) in [5.74, 6) is 1.15. The van der Waals surface area contributed by atoms with Crippen molar-refractivity contribution in [3.63, 3.8) is 0 Å². The lowest BCUT2D eigenvalue weighted by Gasteiger charge is -2.28. The molecule has 7 rings (SSSR count). The molecule has 0 unspecified atom stereocenters. The van der Waals surface area contributed by atoms with Crippen LogP contribution in [0.1, 0.15) is 48.2 Å². The van der Waals surface area contributed by atoms with Crippen molar-refractivity contribution >= 4 is 33.3 Å². The highest BCUT2D eigenvalue weighted by Gasteiger charge is 2.24. The maximum absolute atomic E-state index is 13.2. The maximum atomic E-state index is 13.2. The first-order valence-corrected chi connectivity index (χ1v) is 16.8. The molecule has 0 spiro atoms. The number of hydrogen-bond donors (Lipinski definition) is 3. The number of esters is 1. The number of nitrogens with zero attached hydrogens (tertiary/aromatic N) is 2. The molecule has 4 aromatic carbocycles. The van der Waals surface area contributed by atoms with Gasteiger partial charge in [0.2, 0.25) is 0 Å². The topological polar surface area (TPSA) is 122 Å². The summed E-state index contributed by atoms with van der Waals surface area (Å²) in [4.78, 5) is 18.9. The van der Waals surface area contributed by atoms with Crippen LogP contribution in [0.4, 0.5) is 5.69 Å². The number of anilines is 1. The van der Waals surface area contributed by atoms with E-state index in [9.17, 15) is 9.90 Å². The number of carbonyl (C=O) groups excluding carboxylic acids is 1. The molecule has 0 saturated carbocycles. The Morgan fingerprint density at radius 3 is 2.50 bits per heavy atom. The van der Waals surface area contributed by atoms with Crippen molar-refractivity contribution in [3.8, 4) is 22.6 Å². The van der Waals surface area contributed by atoms with Crippen LogP contribution in [0.3, 0.4) is 0 Å². The Kier molecular flexibility index (Phi) is 11.0. The molecule has 0 aliphatic carbocycles. The van der Waals surface area contributed by atoms with Crippen LogP contribution in [-0.2, 0) is 29.1 Å². The third-order valence-electron chi connectivity index (χ3n) is 8.93. The third-order valence-corrected chi connectivity index (χ3v) is 8.93. The van der Waals surface area contributed by atoms with Gasteiger partial charge >= 0.3 is 5.97 Å². The highest BCUT2D eigenvalue weighted by atomic mass is 16.5. The number of para-hydroxylation sites is 1. The van der Waals surface area contributed by atoms with E-state index in [0.717, 1.165) is 81.9 Å². The van der Waals surface area contributed by atoms with E-state index in [-0.39, 0.29) is 27.2 Å². The summed E-state index contributed by atoms with van der Waals surface area (Å²) in [6, 6.07) is 28.2. The Hall–Kier alpha value is -5.32. The second-order valence-corrected chi connectivity index (χ2v) is 11.9. The molecule has 2 aromatic heterocycles. The summed E-state index contributed by atoms with van der Waals surface area (Å²) in [6.07, 6.45) is 1.28. The molecule has 1 aliphatic rings. The molecule has 0 radical (unpaired) electrons. The molecule has 1 fully saturated rings. The van der Waals surface area contributed by atoms with E-state index < -0.39 is 5.97 Å². The monoisotopic (exact) mass is 676 g/mol. The number of nitrogens with one attached hydrogen (secondary N) is 2. The Morgan fingerprint density at radius 1 is 0.940 bits per heavy atom. The molecule has 0 atom stereocenters.